The standard InChI is InChI=1S/C17H20N2O4S/c1-10-9-12(19-23-10)15(20)18-16-14(17(21)22-2)11-7-5-3-4-6-8-13(11)24-16/h9H,3-8H2,1-2H3,(H,18,20). The third kappa shape index (κ3) is 3.36. The number of ether oxygens (including phenoxy) is 1. The smallest absolute Gasteiger partial charge is 0.341 e. The van der Waals surface area contributed by atoms with E-state index in [0.29, 0.717) is 16.3 Å². The number of thiophene rings is 1. The van der Waals surface area contributed by atoms with Gasteiger partial charge in [0.2, 0.25) is 0 Å². The van der Waals surface area contributed by atoms with Crippen LogP contribution in [0.15, 0.2) is 10.6 Å². The number of carbonyl (C=O) groups excluding carboxylic acids is 2. The molecule has 0 radical (unpaired) electrons. The second-order valence-electron chi connectivity index (χ2n) is 5.89. The number of nitrogens with one attached hydrogen (secondary N) is 1. The van der Waals surface area contributed by atoms with E-state index in [4.69, 9.17) is 9.26 Å². The van der Waals surface area contributed by atoms with Gasteiger partial charge >= 0.3 is 5.97 Å². The summed E-state index contributed by atoms with van der Waals surface area (Å²) in [5, 5.41) is 7.07. The molecule has 1 N–H and O–H groups in total. The molecular weight excluding hydrogens is 328 g/mol. The number of anilines is 1. The minimum absolute atomic E-state index is 0.198. The third-order valence-corrected chi connectivity index (χ3v) is 5.36. The van der Waals surface area contributed by atoms with Crippen molar-refractivity contribution in [3.63, 3.8) is 0 Å². The quantitative estimate of drug-likeness (QED) is 0.855. The van der Waals surface area contributed by atoms with Crippen molar-refractivity contribution in [2.24, 2.45) is 0 Å². The van der Waals surface area contributed by atoms with Gasteiger partial charge in [-0.1, -0.05) is 18.0 Å². The zero-order valence-corrected chi connectivity index (χ0v) is 14.6. The lowest BCUT2D eigenvalue weighted by Gasteiger charge is -2.10. The number of hydrogen-bond acceptors (Lipinski definition) is 6. The molecule has 2 aromatic heterocycles. The van der Waals surface area contributed by atoms with E-state index in [9.17, 15) is 9.59 Å². The molecule has 1 aliphatic carbocycles. The Labute approximate surface area is 144 Å². The normalized spacial score (nSPS) is 14.4. The molecule has 24 heavy (non-hydrogen) atoms. The summed E-state index contributed by atoms with van der Waals surface area (Å²) < 4.78 is 9.88. The number of amides is 1. The van der Waals surface area contributed by atoms with E-state index in [-0.39, 0.29) is 11.6 Å². The summed E-state index contributed by atoms with van der Waals surface area (Å²) in [5.74, 6) is -0.224. The maximum Gasteiger partial charge on any atom is 0.341 e. The maximum atomic E-state index is 12.4. The number of rotatable bonds is 3. The molecule has 2 heterocycles. The van der Waals surface area contributed by atoms with Crippen molar-refractivity contribution >= 4 is 28.2 Å². The van der Waals surface area contributed by atoms with E-state index >= 15 is 0 Å². The molecular formula is C17H20N2O4S. The number of hydrogen-bond donors (Lipinski definition) is 1. The Bertz CT molecular complexity index is 763. The van der Waals surface area contributed by atoms with Gasteiger partial charge in [0.25, 0.3) is 5.91 Å². The van der Waals surface area contributed by atoms with Gasteiger partial charge < -0.3 is 14.6 Å². The van der Waals surface area contributed by atoms with Gasteiger partial charge in [0.1, 0.15) is 10.8 Å². The summed E-state index contributed by atoms with van der Waals surface area (Å²) >= 11 is 1.47. The van der Waals surface area contributed by atoms with Crippen molar-refractivity contribution in [2.45, 2.75) is 45.4 Å². The van der Waals surface area contributed by atoms with Crippen molar-refractivity contribution in [2.75, 3.05) is 12.4 Å². The molecule has 0 fully saturated rings. The van der Waals surface area contributed by atoms with Crippen molar-refractivity contribution in [1.82, 2.24) is 5.16 Å². The molecule has 0 spiro atoms. The van der Waals surface area contributed by atoms with Crippen molar-refractivity contribution in [3.05, 3.63) is 33.5 Å². The summed E-state index contributed by atoms with van der Waals surface area (Å²) in [5.41, 5.74) is 1.72. The fourth-order valence-electron chi connectivity index (χ4n) is 2.97. The average molecular weight is 348 g/mol. The first kappa shape index (κ1) is 16.7. The van der Waals surface area contributed by atoms with Crippen LogP contribution in [0.25, 0.3) is 0 Å². The van der Waals surface area contributed by atoms with Crippen LogP contribution >= 0.6 is 11.3 Å². The molecule has 6 nitrogen and oxygen atoms in total. The summed E-state index contributed by atoms with van der Waals surface area (Å²) in [6.07, 6.45) is 6.28. The average Bonchev–Trinajstić information content (AvgIpc) is 3.11. The fraction of sp³-hybridized carbons (Fsp3) is 0.471. The molecule has 0 saturated heterocycles. The van der Waals surface area contributed by atoms with Gasteiger partial charge in [-0.25, -0.2) is 4.79 Å². The van der Waals surface area contributed by atoms with Crippen LogP contribution in [0.4, 0.5) is 5.00 Å². The Morgan fingerprint density at radius 3 is 2.67 bits per heavy atom. The summed E-state index contributed by atoms with van der Waals surface area (Å²) in [7, 11) is 1.36. The van der Waals surface area contributed by atoms with Crippen LogP contribution in [-0.2, 0) is 17.6 Å². The first-order valence-corrected chi connectivity index (χ1v) is 8.89. The molecule has 0 atom stereocenters. The molecule has 1 aliphatic rings. The second kappa shape index (κ2) is 7.17. The fourth-order valence-corrected chi connectivity index (χ4v) is 4.24. The lowest BCUT2D eigenvalue weighted by molar-refractivity contribution is 0.0601. The van der Waals surface area contributed by atoms with Gasteiger partial charge in [-0.2, -0.15) is 0 Å². The Morgan fingerprint density at radius 1 is 1.25 bits per heavy atom. The number of esters is 1. The summed E-state index contributed by atoms with van der Waals surface area (Å²) in [4.78, 5) is 25.8. The lowest BCUT2D eigenvalue weighted by atomic mass is 9.96. The molecule has 0 aromatic carbocycles. The van der Waals surface area contributed by atoms with E-state index in [1.807, 2.05) is 0 Å². The van der Waals surface area contributed by atoms with Crippen molar-refractivity contribution in [1.29, 1.82) is 0 Å². The number of aromatic nitrogens is 1. The van der Waals surface area contributed by atoms with Crippen LogP contribution in [-0.4, -0.2) is 24.1 Å². The predicted molar refractivity (Wildman–Crippen MR) is 90.7 cm³/mol. The number of nitrogens with zero attached hydrogens (tertiary/aromatic N) is 1. The zero-order chi connectivity index (χ0) is 17.1. The highest BCUT2D eigenvalue weighted by atomic mass is 32.1. The Kier molecular flexibility index (Phi) is 4.99. The van der Waals surface area contributed by atoms with Crippen molar-refractivity contribution < 1.29 is 18.8 Å². The first-order chi connectivity index (χ1) is 11.6. The van der Waals surface area contributed by atoms with Gasteiger partial charge in [-0.15, -0.1) is 11.3 Å². The first-order valence-electron chi connectivity index (χ1n) is 8.07. The molecule has 0 aliphatic heterocycles. The lowest BCUT2D eigenvalue weighted by Crippen LogP contribution is -2.15. The van der Waals surface area contributed by atoms with Crippen LogP contribution in [0.1, 0.15) is 62.7 Å². The van der Waals surface area contributed by atoms with Crippen molar-refractivity contribution in [3.8, 4) is 0 Å². The van der Waals surface area contributed by atoms with E-state index < -0.39 is 5.97 Å². The Morgan fingerprint density at radius 2 is 2.00 bits per heavy atom. The van der Waals surface area contributed by atoms with Crippen LogP contribution < -0.4 is 5.32 Å². The van der Waals surface area contributed by atoms with E-state index in [1.54, 1.807) is 13.0 Å². The maximum absolute atomic E-state index is 12.4. The van der Waals surface area contributed by atoms with Gasteiger partial charge in [0.05, 0.1) is 12.7 Å². The molecule has 7 heteroatoms. The molecule has 2 aromatic rings. The highest BCUT2D eigenvalue weighted by molar-refractivity contribution is 7.17. The van der Waals surface area contributed by atoms with Crippen LogP contribution in [0.2, 0.25) is 0 Å². The van der Waals surface area contributed by atoms with Gasteiger partial charge in [0.15, 0.2) is 5.69 Å². The molecule has 0 unspecified atom stereocenters. The monoisotopic (exact) mass is 348 g/mol. The van der Waals surface area contributed by atoms with Crippen LogP contribution in [0.3, 0.4) is 0 Å². The summed E-state index contributed by atoms with van der Waals surface area (Å²) in [6, 6.07) is 1.57. The second-order valence-corrected chi connectivity index (χ2v) is 7.00. The third-order valence-electron chi connectivity index (χ3n) is 4.15. The minimum Gasteiger partial charge on any atom is -0.465 e. The van der Waals surface area contributed by atoms with Crippen LogP contribution in [0.5, 0.6) is 0 Å². The topological polar surface area (TPSA) is 81.4 Å². The van der Waals surface area contributed by atoms with Gasteiger partial charge in [0, 0.05) is 10.9 Å². The summed E-state index contributed by atoms with van der Waals surface area (Å²) in [6.45, 7) is 1.72. The van der Waals surface area contributed by atoms with E-state index in [2.05, 4.69) is 10.5 Å². The molecule has 0 saturated carbocycles. The number of methoxy groups -OCH3 is 1. The SMILES string of the molecule is COC(=O)c1c(NC(=O)c2cc(C)on2)sc2c1CCCCCC2. The molecule has 3 rings (SSSR count). The molecule has 128 valence electrons. The largest absolute Gasteiger partial charge is 0.465 e. The predicted octanol–water partition coefficient (Wildman–Crippen LogP) is 3.74. The zero-order valence-electron chi connectivity index (χ0n) is 13.8. The number of aryl methyl sites for hydroxylation is 2. The number of carbonyl (C=O) groups is 2. The molecule has 0 bridgehead atoms. The van der Waals surface area contributed by atoms with Gasteiger partial charge in [-0.05, 0) is 38.2 Å². The highest BCUT2D eigenvalue weighted by Gasteiger charge is 2.26. The molecule has 1 amide bonds. The van der Waals surface area contributed by atoms with Crippen LogP contribution in [0, 0.1) is 6.92 Å². The Balaban J connectivity index is 1.95. The van der Waals surface area contributed by atoms with Gasteiger partial charge in [-0.3, -0.25) is 4.79 Å². The number of fused-ring (bicyclic) bond motifs is 1. The van der Waals surface area contributed by atoms with E-state index in [1.165, 1.54) is 29.7 Å². The minimum atomic E-state index is -0.403. The Hall–Kier alpha value is -2.15. The highest BCUT2D eigenvalue weighted by Crippen LogP contribution is 2.37. The van der Waals surface area contributed by atoms with E-state index in [0.717, 1.165) is 37.7 Å².